The Morgan fingerprint density at radius 2 is 2.17 bits per heavy atom. The van der Waals surface area contributed by atoms with Crippen molar-refractivity contribution in [1.82, 2.24) is 10.2 Å². The van der Waals surface area contributed by atoms with Crippen molar-refractivity contribution < 1.29 is 14.7 Å². The van der Waals surface area contributed by atoms with Crippen molar-refractivity contribution in [3.8, 4) is 0 Å². The highest BCUT2D eigenvalue weighted by Gasteiger charge is 2.26. The molecule has 0 saturated carbocycles. The lowest BCUT2D eigenvalue weighted by Crippen LogP contribution is -2.51. The minimum atomic E-state index is -0.886. The summed E-state index contributed by atoms with van der Waals surface area (Å²) in [5, 5.41) is 12.2. The molecule has 2 amide bonds. The normalized spacial score (nSPS) is 23.3. The monoisotopic (exact) mass is 274 g/mol. The van der Waals surface area contributed by atoms with Crippen LogP contribution in [0.4, 0.5) is 4.79 Å². The van der Waals surface area contributed by atoms with Crippen LogP contribution >= 0.6 is 11.8 Å². The van der Waals surface area contributed by atoms with Crippen molar-refractivity contribution in [2.24, 2.45) is 5.92 Å². The summed E-state index contributed by atoms with van der Waals surface area (Å²) in [6.07, 6.45) is 1.05. The van der Waals surface area contributed by atoms with Gasteiger partial charge in [-0.3, -0.25) is 4.79 Å². The molecule has 0 radical (unpaired) electrons. The number of hydrogen-bond donors (Lipinski definition) is 2. The average Bonchev–Trinajstić information content (AvgIpc) is 2.37. The lowest BCUT2D eigenvalue weighted by atomic mass is 10.0. The fourth-order valence-electron chi connectivity index (χ4n) is 1.78. The molecule has 1 fully saturated rings. The van der Waals surface area contributed by atoms with Gasteiger partial charge in [0.15, 0.2) is 0 Å². The standard InChI is InChI=1S/C12H22N2O3S/c1-4-10-7-14(5-6-18-10)12(17)13-9(3)8(2)11(15)16/h8-10H,4-7H2,1-3H3,(H,13,17)(H,15,16). The second-order valence-electron chi connectivity index (χ2n) is 4.71. The molecule has 1 saturated heterocycles. The van der Waals surface area contributed by atoms with Crippen LogP contribution in [0.2, 0.25) is 0 Å². The number of urea groups is 1. The summed E-state index contributed by atoms with van der Waals surface area (Å²) in [5.41, 5.74) is 0. The van der Waals surface area contributed by atoms with Gasteiger partial charge in [0.05, 0.1) is 5.92 Å². The number of nitrogens with one attached hydrogen (secondary N) is 1. The predicted octanol–water partition coefficient (Wildman–Crippen LogP) is 1.63. The van der Waals surface area contributed by atoms with Crippen molar-refractivity contribution in [3.05, 3.63) is 0 Å². The number of rotatable bonds is 4. The zero-order chi connectivity index (χ0) is 13.7. The summed E-state index contributed by atoms with van der Waals surface area (Å²) in [7, 11) is 0. The lowest BCUT2D eigenvalue weighted by Gasteiger charge is -2.33. The Kier molecular flexibility index (Phi) is 5.78. The zero-order valence-electron chi connectivity index (χ0n) is 11.2. The van der Waals surface area contributed by atoms with E-state index in [-0.39, 0.29) is 12.1 Å². The zero-order valence-corrected chi connectivity index (χ0v) is 12.0. The topological polar surface area (TPSA) is 69.6 Å². The number of carbonyl (C=O) groups is 2. The van der Waals surface area contributed by atoms with Gasteiger partial charge in [-0.05, 0) is 20.3 Å². The highest BCUT2D eigenvalue weighted by molar-refractivity contribution is 8.00. The highest BCUT2D eigenvalue weighted by Crippen LogP contribution is 2.21. The molecular weight excluding hydrogens is 252 g/mol. The number of aliphatic carboxylic acids is 1. The molecule has 0 aliphatic carbocycles. The van der Waals surface area contributed by atoms with Crippen LogP contribution in [-0.2, 0) is 4.79 Å². The van der Waals surface area contributed by atoms with Crippen molar-refractivity contribution in [1.29, 1.82) is 0 Å². The first kappa shape index (κ1) is 15.1. The van der Waals surface area contributed by atoms with Gasteiger partial charge >= 0.3 is 12.0 Å². The second kappa shape index (κ2) is 6.87. The van der Waals surface area contributed by atoms with Crippen molar-refractivity contribution >= 4 is 23.8 Å². The molecule has 5 nitrogen and oxygen atoms in total. The number of amides is 2. The van der Waals surface area contributed by atoms with Gasteiger partial charge in [0.25, 0.3) is 0 Å². The molecular formula is C12H22N2O3S. The molecule has 3 atom stereocenters. The van der Waals surface area contributed by atoms with Gasteiger partial charge in [-0.1, -0.05) is 6.92 Å². The van der Waals surface area contributed by atoms with Crippen LogP contribution < -0.4 is 5.32 Å². The first-order valence-electron chi connectivity index (χ1n) is 6.35. The SMILES string of the molecule is CCC1CN(C(=O)NC(C)C(C)C(=O)O)CCS1. The molecule has 1 heterocycles. The maximum atomic E-state index is 12.0. The van der Waals surface area contributed by atoms with Gasteiger partial charge in [-0.15, -0.1) is 0 Å². The van der Waals surface area contributed by atoms with E-state index in [0.717, 1.165) is 25.3 Å². The maximum absolute atomic E-state index is 12.0. The van der Waals surface area contributed by atoms with E-state index in [9.17, 15) is 9.59 Å². The summed E-state index contributed by atoms with van der Waals surface area (Å²) in [6, 6.07) is -0.501. The first-order valence-corrected chi connectivity index (χ1v) is 7.40. The molecule has 3 unspecified atom stereocenters. The number of carboxylic acids is 1. The van der Waals surface area contributed by atoms with Crippen LogP contribution in [0.5, 0.6) is 0 Å². The number of nitrogens with zero attached hydrogens (tertiary/aromatic N) is 1. The molecule has 0 aromatic rings. The smallest absolute Gasteiger partial charge is 0.317 e. The molecule has 1 aliphatic rings. The van der Waals surface area contributed by atoms with E-state index in [4.69, 9.17) is 5.11 Å². The number of carbonyl (C=O) groups excluding carboxylic acids is 1. The van der Waals surface area contributed by atoms with Crippen molar-refractivity contribution in [2.45, 2.75) is 38.5 Å². The molecule has 104 valence electrons. The molecule has 18 heavy (non-hydrogen) atoms. The predicted molar refractivity (Wildman–Crippen MR) is 72.9 cm³/mol. The Morgan fingerprint density at radius 1 is 1.50 bits per heavy atom. The summed E-state index contributed by atoms with van der Waals surface area (Å²) in [6.45, 7) is 6.94. The summed E-state index contributed by atoms with van der Waals surface area (Å²) in [5.74, 6) is -0.507. The Labute approximate surface area is 112 Å². The van der Waals surface area contributed by atoms with Crippen molar-refractivity contribution in [3.63, 3.8) is 0 Å². The molecule has 0 spiro atoms. The average molecular weight is 274 g/mol. The van der Waals surface area contributed by atoms with Crippen molar-refractivity contribution in [2.75, 3.05) is 18.8 Å². The third-order valence-corrected chi connectivity index (χ3v) is 4.74. The van der Waals surface area contributed by atoms with E-state index in [1.54, 1.807) is 18.7 Å². The fraction of sp³-hybridized carbons (Fsp3) is 0.833. The first-order chi connectivity index (χ1) is 8.45. The van der Waals surface area contributed by atoms with E-state index >= 15 is 0 Å². The summed E-state index contributed by atoms with van der Waals surface area (Å²) < 4.78 is 0. The highest BCUT2D eigenvalue weighted by atomic mass is 32.2. The van der Waals surface area contributed by atoms with Crippen LogP contribution in [0.3, 0.4) is 0 Å². The minimum Gasteiger partial charge on any atom is -0.481 e. The Bertz CT molecular complexity index is 312. The van der Waals surface area contributed by atoms with Crippen LogP contribution in [0, 0.1) is 5.92 Å². The Morgan fingerprint density at radius 3 is 2.72 bits per heavy atom. The summed E-state index contributed by atoms with van der Waals surface area (Å²) in [4.78, 5) is 24.6. The number of hydrogen-bond acceptors (Lipinski definition) is 3. The van der Waals surface area contributed by atoms with E-state index in [2.05, 4.69) is 12.2 Å². The van der Waals surface area contributed by atoms with E-state index in [0.29, 0.717) is 5.25 Å². The quantitative estimate of drug-likeness (QED) is 0.817. The lowest BCUT2D eigenvalue weighted by molar-refractivity contribution is -0.141. The molecule has 6 heteroatoms. The Hall–Kier alpha value is -0.910. The molecule has 1 aliphatic heterocycles. The second-order valence-corrected chi connectivity index (χ2v) is 6.12. The van der Waals surface area contributed by atoms with Gasteiger partial charge in [0, 0.05) is 30.1 Å². The van der Waals surface area contributed by atoms with Crippen LogP contribution in [-0.4, -0.2) is 52.1 Å². The van der Waals surface area contributed by atoms with E-state index < -0.39 is 11.9 Å². The van der Waals surface area contributed by atoms with Gasteiger partial charge in [-0.2, -0.15) is 11.8 Å². The molecule has 2 N–H and O–H groups in total. The van der Waals surface area contributed by atoms with Gasteiger partial charge in [0.2, 0.25) is 0 Å². The third-order valence-electron chi connectivity index (χ3n) is 3.37. The molecule has 0 aromatic heterocycles. The molecule has 0 bridgehead atoms. The van der Waals surface area contributed by atoms with Gasteiger partial charge in [0.1, 0.15) is 0 Å². The van der Waals surface area contributed by atoms with Gasteiger partial charge < -0.3 is 15.3 Å². The van der Waals surface area contributed by atoms with Gasteiger partial charge in [-0.25, -0.2) is 4.79 Å². The molecule has 0 aromatic carbocycles. The van der Waals surface area contributed by atoms with Crippen LogP contribution in [0.25, 0.3) is 0 Å². The largest absolute Gasteiger partial charge is 0.481 e. The maximum Gasteiger partial charge on any atom is 0.317 e. The van der Waals surface area contributed by atoms with Crippen LogP contribution in [0.15, 0.2) is 0 Å². The van der Waals surface area contributed by atoms with E-state index in [1.165, 1.54) is 0 Å². The van der Waals surface area contributed by atoms with Crippen LogP contribution in [0.1, 0.15) is 27.2 Å². The number of carboxylic acid groups (broad SMARTS) is 1. The Balaban J connectivity index is 2.47. The van der Waals surface area contributed by atoms with E-state index in [1.807, 2.05) is 11.8 Å². The summed E-state index contributed by atoms with van der Waals surface area (Å²) >= 11 is 1.90. The molecule has 1 rings (SSSR count). The fourth-order valence-corrected chi connectivity index (χ4v) is 2.96. The minimum absolute atomic E-state index is 0.144. The third kappa shape index (κ3) is 4.08. The number of thioether (sulfide) groups is 1.